The molecule has 0 spiro atoms. The van der Waals surface area contributed by atoms with Gasteiger partial charge in [0.05, 0.1) is 5.69 Å². The first-order valence-corrected chi connectivity index (χ1v) is 10.2. The highest BCUT2D eigenvalue weighted by atomic mass is 16.2. The lowest BCUT2D eigenvalue weighted by molar-refractivity contribution is 0.0923. The summed E-state index contributed by atoms with van der Waals surface area (Å²) in [4.78, 5) is 33.7. The van der Waals surface area contributed by atoms with Crippen LogP contribution in [0.25, 0.3) is 5.65 Å². The molecule has 8 nitrogen and oxygen atoms in total. The van der Waals surface area contributed by atoms with Gasteiger partial charge in [-0.1, -0.05) is 36.4 Å². The van der Waals surface area contributed by atoms with Crippen LogP contribution < -0.4 is 10.9 Å². The van der Waals surface area contributed by atoms with E-state index in [2.05, 4.69) is 32.9 Å². The fourth-order valence-corrected chi connectivity index (χ4v) is 3.81. The molecule has 30 heavy (non-hydrogen) atoms. The van der Waals surface area contributed by atoms with Gasteiger partial charge >= 0.3 is 6.03 Å². The van der Waals surface area contributed by atoms with Crippen molar-refractivity contribution in [1.29, 1.82) is 0 Å². The fraction of sp³-hybridized carbons (Fsp3) is 0.318. The van der Waals surface area contributed by atoms with Crippen LogP contribution in [-0.4, -0.2) is 57.3 Å². The lowest BCUT2D eigenvalue weighted by Gasteiger charge is -2.22. The third-order valence-electron chi connectivity index (χ3n) is 5.33. The maximum Gasteiger partial charge on any atom is 0.336 e. The van der Waals surface area contributed by atoms with Crippen LogP contribution in [0, 0.1) is 6.92 Å². The number of rotatable bonds is 3. The van der Waals surface area contributed by atoms with Crippen LogP contribution in [0.15, 0.2) is 54.7 Å². The summed E-state index contributed by atoms with van der Waals surface area (Å²) in [5.41, 5.74) is 8.07. The van der Waals surface area contributed by atoms with Gasteiger partial charge in [0, 0.05) is 38.9 Å². The number of benzene rings is 1. The molecule has 1 saturated heterocycles. The highest BCUT2D eigenvalue weighted by Crippen LogP contribution is 2.12. The zero-order chi connectivity index (χ0) is 20.9. The number of aromatic nitrogens is 2. The van der Waals surface area contributed by atoms with Crippen LogP contribution in [0.3, 0.4) is 0 Å². The predicted molar refractivity (Wildman–Crippen MR) is 114 cm³/mol. The molecule has 2 aromatic heterocycles. The summed E-state index contributed by atoms with van der Waals surface area (Å²) in [6.07, 6.45) is 2.67. The molecule has 1 fully saturated rings. The Morgan fingerprint density at radius 3 is 2.60 bits per heavy atom. The van der Waals surface area contributed by atoms with E-state index in [0.717, 1.165) is 26.1 Å². The number of hydrogen-bond donors (Lipinski definition) is 2. The predicted octanol–water partition coefficient (Wildman–Crippen LogP) is 2.21. The van der Waals surface area contributed by atoms with Gasteiger partial charge in [-0.15, -0.1) is 0 Å². The van der Waals surface area contributed by atoms with Gasteiger partial charge in [-0.3, -0.25) is 19.5 Å². The van der Waals surface area contributed by atoms with E-state index in [1.165, 1.54) is 5.56 Å². The summed E-state index contributed by atoms with van der Waals surface area (Å²) >= 11 is 0. The van der Waals surface area contributed by atoms with Crippen molar-refractivity contribution in [3.05, 3.63) is 71.7 Å². The van der Waals surface area contributed by atoms with Crippen molar-refractivity contribution in [2.24, 2.45) is 0 Å². The summed E-state index contributed by atoms with van der Waals surface area (Å²) in [5, 5.41) is 0. The van der Waals surface area contributed by atoms with Crippen LogP contribution in [0.1, 0.15) is 28.2 Å². The zero-order valence-corrected chi connectivity index (χ0v) is 17.0. The smallest absolute Gasteiger partial charge is 0.322 e. The monoisotopic (exact) mass is 406 g/mol. The Balaban J connectivity index is 1.31. The normalized spacial score (nSPS) is 15.0. The van der Waals surface area contributed by atoms with Crippen molar-refractivity contribution in [2.45, 2.75) is 19.9 Å². The van der Waals surface area contributed by atoms with E-state index in [1.54, 1.807) is 22.4 Å². The number of fused-ring (bicyclic) bond motifs is 1. The van der Waals surface area contributed by atoms with Gasteiger partial charge in [0.25, 0.3) is 5.91 Å². The Morgan fingerprint density at radius 2 is 1.77 bits per heavy atom. The number of nitrogens with one attached hydrogen (secondary N) is 2. The number of pyridine rings is 1. The molecule has 0 bridgehead atoms. The molecule has 4 rings (SSSR count). The van der Waals surface area contributed by atoms with E-state index >= 15 is 0 Å². The Kier molecular flexibility index (Phi) is 5.94. The number of nitrogens with zero attached hydrogens (tertiary/aromatic N) is 4. The molecule has 0 aliphatic carbocycles. The molecule has 1 aliphatic rings. The number of hydrazine groups is 1. The van der Waals surface area contributed by atoms with Crippen molar-refractivity contribution in [3.8, 4) is 0 Å². The number of hydrogen-bond acceptors (Lipinski definition) is 4. The lowest BCUT2D eigenvalue weighted by Crippen LogP contribution is -2.50. The van der Waals surface area contributed by atoms with Gasteiger partial charge in [0.15, 0.2) is 0 Å². The average molecular weight is 406 g/mol. The van der Waals surface area contributed by atoms with Crippen molar-refractivity contribution in [2.75, 3.05) is 26.2 Å². The quantitative estimate of drug-likeness (QED) is 0.654. The molecule has 0 atom stereocenters. The second kappa shape index (κ2) is 8.96. The number of carbonyl (C=O) groups excluding carboxylic acids is 2. The number of urea groups is 1. The molecule has 0 saturated carbocycles. The van der Waals surface area contributed by atoms with E-state index in [-0.39, 0.29) is 11.9 Å². The Labute approximate surface area is 175 Å². The minimum atomic E-state index is -0.389. The molecule has 3 heterocycles. The van der Waals surface area contributed by atoms with Crippen LogP contribution in [0.2, 0.25) is 0 Å². The van der Waals surface area contributed by atoms with E-state index in [4.69, 9.17) is 0 Å². The SMILES string of the molecule is Cc1nc2ccccn2c1C(=O)NNC(=O)N1CCCN(Cc2ccccc2)CC1. The molecule has 156 valence electrons. The average Bonchev–Trinajstić information content (AvgIpc) is 2.92. The molecule has 3 amide bonds. The molecule has 1 aromatic carbocycles. The first-order valence-electron chi connectivity index (χ1n) is 10.2. The Bertz CT molecular complexity index is 1030. The van der Waals surface area contributed by atoms with Gasteiger partial charge in [-0.05, 0) is 31.0 Å². The minimum absolute atomic E-state index is 0.295. The van der Waals surface area contributed by atoms with Gasteiger partial charge in [0.1, 0.15) is 11.3 Å². The van der Waals surface area contributed by atoms with Crippen molar-refractivity contribution < 1.29 is 9.59 Å². The lowest BCUT2D eigenvalue weighted by atomic mass is 10.2. The summed E-state index contributed by atoms with van der Waals surface area (Å²) in [6.45, 7) is 5.65. The summed E-state index contributed by atoms with van der Waals surface area (Å²) in [7, 11) is 0. The highest BCUT2D eigenvalue weighted by molar-refractivity contribution is 5.95. The molecule has 2 N–H and O–H groups in total. The highest BCUT2D eigenvalue weighted by Gasteiger charge is 2.21. The van der Waals surface area contributed by atoms with E-state index in [1.807, 2.05) is 36.4 Å². The van der Waals surface area contributed by atoms with Crippen molar-refractivity contribution in [1.82, 2.24) is 30.0 Å². The van der Waals surface area contributed by atoms with Crippen LogP contribution in [0.4, 0.5) is 4.79 Å². The van der Waals surface area contributed by atoms with E-state index in [0.29, 0.717) is 30.1 Å². The molecule has 0 radical (unpaired) electrons. The van der Waals surface area contributed by atoms with E-state index < -0.39 is 0 Å². The second-order valence-corrected chi connectivity index (χ2v) is 7.46. The molecular weight excluding hydrogens is 380 g/mol. The number of imidazole rings is 1. The molecule has 8 heteroatoms. The van der Waals surface area contributed by atoms with Crippen molar-refractivity contribution >= 4 is 17.6 Å². The van der Waals surface area contributed by atoms with Crippen molar-refractivity contribution in [3.63, 3.8) is 0 Å². The van der Waals surface area contributed by atoms with Gasteiger partial charge in [0.2, 0.25) is 0 Å². The summed E-state index contributed by atoms with van der Waals surface area (Å²) < 4.78 is 1.71. The largest absolute Gasteiger partial charge is 0.336 e. The number of aryl methyl sites for hydroxylation is 1. The Morgan fingerprint density at radius 1 is 0.967 bits per heavy atom. The Hall–Kier alpha value is -3.39. The van der Waals surface area contributed by atoms with Gasteiger partial charge in [-0.25, -0.2) is 15.2 Å². The third kappa shape index (κ3) is 4.44. The molecule has 0 unspecified atom stereocenters. The van der Waals surface area contributed by atoms with Crippen LogP contribution >= 0.6 is 0 Å². The maximum absolute atomic E-state index is 12.6. The molecular formula is C22H26N6O2. The first kappa shape index (κ1) is 19.9. The minimum Gasteiger partial charge on any atom is -0.322 e. The van der Waals surface area contributed by atoms with Crippen LogP contribution in [0.5, 0.6) is 0 Å². The van der Waals surface area contributed by atoms with Gasteiger partial charge < -0.3 is 4.90 Å². The number of amides is 3. The third-order valence-corrected chi connectivity index (χ3v) is 5.33. The van der Waals surface area contributed by atoms with Gasteiger partial charge in [-0.2, -0.15) is 0 Å². The standard InChI is InChI=1S/C22H26N6O2/c1-17-20(28-13-6-5-10-19(28)23-17)21(29)24-25-22(30)27-12-7-11-26(14-15-27)16-18-8-3-2-4-9-18/h2-6,8-10,13H,7,11-12,14-16H2,1H3,(H,24,29)(H,25,30). The topological polar surface area (TPSA) is 82.0 Å². The number of carbonyl (C=O) groups is 2. The maximum atomic E-state index is 12.6. The first-order chi connectivity index (χ1) is 14.6. The zero-order valence-electron chi connectivity index (χ0n) is 17.0. The fourth-order valence-electron chi connectivity index (χ4n) is 3.81. The van der Waals surface area contributed by atoms with Crippen LogP contribution in [-0.2, 0) is 6.54 Å². The second-order valence-electron chi connectivity index (χ2n) is 7.46. The summed E-state index contributed by atoms with van der Waals surface area (Å²) in [5.74, 6) is -0.389. The molecule has 1 aliphatic heterocycles. The van der Waals surface area contributed by atoms with E-state index in [9.17, 15) is 9.59 Å². The molecule has 3 aromatic rings. The summed E-state index contributed by atoms with van der Waals surface area (Å²) in [6, 6.07) is 15.6.